The number of likely N-dealkylation sites (tertiary alicyclic amines) is 1. The molecule has 0 bridgehead atoms. The van der Waals surface area contributed by atoms with Crippen molar-refractivity contribution in [2.24, 2.45) is 5.92 Å². The van der Waals surface area contributed by atoms with Crippen LogP contribution in [0.5, 0.6) is 0 Å². The fraction of sp³-hybridized carbons (Fsp3) is 0.867. The highest BCUT2D eigenvalue weighted by molar-refractivity contribution is 4.97. The molecule has 0 aliphatic carbocycles. The van der Waals surface area contributed by atoms with E-state index in [0.717, 1.165) is 37.6 Å². The van der Waals surface area contributed by atoms with E-state index < -0.39 is 0 Å². The van der Waals surface area contributed by atoms with Gasteiger partial charge in [-0.15, -0.1) is 0 Å². The van der Waals surface area contributed by atoms with Gasteiger partial charge in [-0.2, -0.15) is 4.98 Å². The minimum Gasteiger partial charge on any atom is -0.339 e. The van der Waals surface area contributed by atoms with Gasteiger partial charge in [0.25, 0.3) is 0 Å². The molecule has 0 saturated carbocycles. The maximum atomic E-state index is 5.46. The summed E-state index contributed by atoms with van der Waals surface area (Å²) in [7, 11) is 0. The number of rotatable bonds is 4. The summed E-state index contributed by atoms with van der Waals surface area (Å²) in [5.41, 5.74) is 0. The standard InChI is InChI=1S/C15H26N4O/c1-11(2)19-8-6-12(10-19)9-14-17-15(18-20-14)13-5-3-4-7-16-13/h11-13,16H,3-10H2,1-2H3. The minimum atomic E-state index is 0.303. The van der Waals surface area contributed by atoms with Crippen LogP contribution in [0.25, 0.3) is 0 Å². The Labute approximate surface area is 121 Å². The van der Waals surface area contributed by atoms with Gasteiger partial charge >= 0.3 is 0 Å². The average molecular weight is 278 g/mol. The third kappa shape index (κ3) is 3.20. The van der Waals surface area contributed by atoms with E-state index in [4.69, 9.17) is 4.52 Å². The first-order valence-corrected chi connectivity index (χ1v) is 8.02. The zero-order valence-corrected chi connectivity index (χ0v) is 12.6. The second-order valence-electron chi connectivity index (χ2n) is 6.50. The molecule has 5 heteroatoms. The molecule has 0 amide bonds. The quantitative estimate of drug-likeness (QED) is 0.914. The van der Waals surface area contributed by atoms with E-state index in [0.29, 0.717) is 18.0 Å². The Balaban J connectivity index is 1.55. The first kappa shape index (κ1) is 14.0. The Morgan fingerprint density at radius 2 is 2.25 bits per heavy atom. The van der Waals surface area contributed by atoms with Gasteiger partial charge in [0.2, 0.25) is 5.89 Å². The largest absolute Gasteiger partial charge is 0.339 e. The van der Waals surface area contributed by atoms with Crippen molar-refractivity contribution in [3.8, 4) is 0 Å². The molecular weight excluding hydrogens is 252 g/mol. The minimum absolute atomic E-state index is 0.303. The summed E-state index contributed by atoms with van der Waals surface area (Å²) in [5.74, 6) is 2.35. The van der Waals surface area contributed by atoms with Crippen LogP contribution in [0.3, 0.4) is 0 Å². The molecule has 1 N–H and O–H groups in total. The molecule has 1 aromatic rings. The number of hydrogen-bond donors (Lipinski definition) is 1. The molecule has 0 radical (unpaired) electrons. The second kappa shape index (κ2) is 6.22. The number of aromatic nitrogens is 2. The molecule has 112 valence electrons. The number of nitrogens with zero attached hydrogens (tertiary/aromatic N) is 3. The average Bonchev–Trinajstić information content (AvgIpc) is 3.10. The van der Waals surface area contributed by atoms with Gasteiger partial charge in [0.1, 0.15) is 0 Å². The van der Waals surface area contributed by atoms with E-state index in [1.807, 2.05) is 0 Å². The molecule has 3 heterocycles. The van der Waals surface area contributed by atoms with Crippen molar-refractivity contribution >= 4 is 0 Å². The van der Waals surface area contributed by atoms with Crippen LogP contribution in [0, 0.1) is 5.92 Å². The highest BCUT2D eigenvalue weighted by Crippen LogP contribution is 2.24. The van der Waals surface area contributed by atoms with Crippen LogP contribution in [-0.2, 0) is 6.42 Å². The lowest BCUT2D eigenvalue weighted by Gasteiger charge is -2.20. The molecule has 20 heavy (non-hydrogen) atoms. The van der Waals surface area contributed by atoms with E-state index in [2.05, 4.69) is 34.2 Å². The summed E-state index contributed by atoms with van der Waals surface area (Å²) in [4.78, 5) is 7.14. The fourth-order valence-corrected chi connectivity index (χ4v) is 3.31. The first-order valence-electron chi connectivity index (χ1n) is 8.02. The summed E-state index contributed by atoms with van der Waals surface area (Å²) < 4.78 is 5.46. The monoisotopic (exact) mass is 278 g/mol. The van der Waals surface area contributed by atoms with Crippen molar-refractivity contribution in [2.45, 2.75) is 58.0 Å². The van der Waals surface area contributed by atoms with Gasteiger partial charge in [-0.3, -0.25) is 0 Å². The molecule has 2 unspecified atom stereocenters. The Kier molecular flexibility index (Phi) is 4.36. The van der Waals surface area contributed by atoms with Crippen LogP contribution in [0.15, 0.2) is 4.52 Å². The zero-order chi connectivity index (χ0) is 13.9. The van der Waals surface area contributed by atoms with Crippen LogP contribution < -0.4 is 5.32 Å². The second-order valence-corrected chi connectivity index (χ2v) is 6.50. The lowest BCUT2D eigenvalue weighted by Crippen LogP contribution is -2.28. The normalized spacial score (nSPS) is 28.4. The maximum Gasteiger partial charge on any atom is 0.227 e. The highest BCUT2D eigenvalue weighted by Gasteiger charge is 2.27. The number of piperidine rings is 1. The van der Waals surface area contributed by atoms with Crippen molar-refractivity contribution < 1.29 is 4.52 Å². The Morgan fingerprint density at radius 3 is 2.95 bits per heavy atom. The first-order chi connectivity index (χ1) is 9.72. The Bertz CT molecular complexity index is 425. The summed E-state index contributed by atoms with van der Waals surface area (Å²) in [6, 6.07) is 0.946. The molecule has 2 atom stereocenters. The third-order valence-corrected chi connectivity index (χ3v) is 4.62. The maximum absolute atomic E-state index is 5.46. The molecule has 2 fully saturated rings. The summed E-state index contributed by atoms with van der Waals surface area (Å²) in [6.07, 6.45) is 5.83. The van der Waals surface area contributed by atoms with E-state index in [1.165, 1.54) is 25.8 Å². The van der Waals surface area contributed by atoms with E-state index >= 15 is 0 Å². The predicted molar refractivity (Wildman–Crippen MR) is 77.4 cm³/mol. The lowest BCUT2D eigenvalue weighted by molar-refractivity contribution is 0.260. The molecular formula is C15H26N4O. The molecule has 2 saturated heterocycles. The molecule has 3 rings (SSSR count). The number of nitrogens with one attached hydrogen (secondary N) is 1. The molecule has 2 aliphatic rings. The van der Waals surface area contributed by atoms with E-state index in [1.54, 1.807) is 0 Å². The highest BCUT2D eigenvalue weighted by atomic mass is 16.5. The van der Waals surface area contributed by atoms with Crippen LogP contribution >= 0.6 is 0 Å². The van der Waals surface area contributed by atoms with Crippen molar-refractivity contribution in [3.63, 3.8) is 0 Å². The third-order valence-electron chi connectivity index (χ3n) is 4.62. The lowest BCUT2D eigenvalue weighted by atomic mass is 10.0. The summed E-state index contributed by atoms with van der Waals surface area (Å²) in [5, 5.41) is 7.64. The van der Waals surface area contributed by atoms with Gasteiger partial charge in [-0.25, -0.2) is 0 Å². The van der Waals surface area contributed by atoms with Gasteiger partial charge in [0, 0.05) is 19.0 Å². The molecule has 2 aliphatic heterocycles. The molecule has 1 aromatic heterocycles. The van der Waals surface area contributed by atoms with Gasteiger partial charge in [-0.05, 0) is 52.1 Å². The van der Waals surface area contributed by atoms with Crippen LogP contribution in [-0.4, -0.2) is 40.7 Å². The zero-order valence-electron chi connectivity index (χ0n) is 12.6. The van der Waals surface area contributed by atoms with Gasteiger partial charge < -0.3 is 14.7 Å². The Morgan fingerprint density at radius 1 is 1.35 bits per heavy atom. The Hall–Kier alpha value is -0.940. The molecule has 5 nitrogen and oxygen atoms in total. The smallest absolute Gasteiger partial charge is 0.227 e. The van der Waals surface area contributed by atoms with Crippen LogP contribution in [0.2, 0.25) is 0 Å². The van der Waals surface area contributed by atoms with Crippen LogP contribution in [0.1, 0.15) is 57.3 Å². The molecule has 0 aromatic carbocycles. The van der Waals surface area contributed by atoms with Crippen LogP contribution in [0.4, 0.5) is 0 Å². The van der Waals surface area contributed by atoms with E-state index in [-0.39, 0.29) is 0 Å². The van der Waals surface area contributed by atoms with E-state index in [9.17, 15) is 0 Å². The van der Waals surface area contributed by atoms with Gasteiger partial charge in [0.05, 0.1) is 6.04 Å². The van der Waals surface area contributed by atoms with Gasteiger partial charge in [0.15, 0.2) is 5.82 Å². The SMILES string of the molecule is CC(C)N1CCC(Cc2nc(C3CCCCN3)no2)C1. The summed E-state index contributed by atoms with van der Waals surface area (Å²) in [6.45, 7) is 7.97. The van der Waals surface area contributed by atoms with Crippen molar-refractivity contribution in [2.75, 3.05) is 19.6 Å². The topological polar surface area (TPSA) is 54.2 Å². The molecule has 0 spiro atoms. The summed E-state index contributed by atoms with van der Waals surface area (Å²) >= 11 is 0. The van der Waals surface area contributed by atoms with Crippen molar-refractivity contribution in [1.29, 1.82) is 0 Å². The van der Waals surface area contributed by atoms with Crippen molar-refractivity contribution in [1.82, 2.24) is 20.4 Å². The fourth-order valence-electron chi connectivity index (χ4n) is 3.31. The predicted octanol–water partition coefficient (Wildman–Crippen LogP) is 2.16. The van der Waals surface area contributed by atoms with Crippen molar-refractivity contribution in [3.05, 3.63) is 11.7 Å². The number of hydrogen-bond acceptors (Lipinski definition) is 5. The van der Waals surface area contributed by atoms with Gasteiger partial charge in [-0.1, -0.05) is 11.6 Å².